The number of anilines is 1. The van der Waals surface area contributed by atoms with E-state index in [4.69, 9.17) is 4.74 Å². The molecule has 100 valence electrons. The van der Waals surface area contributed by atoms with Gasteiger partial charge in [-0.25, -0.2) is 8.78 Å². The predicted molar refractivity (Wildman–Crippen MR) is 60.8 cm³/mol. The van der Waals surface area contributed by atoms with Crippen molar-refractivity contribution >= 4 is 5.82 Å². The first-order chi connectivity index (χ1) is 8.66. The van der Waals surface area contributed by atoms with Crippen LogP contribution >= 0.6 is 0 Å². The van der Waals surface area contributed by atoms with Gasteiger partial charge in [-0.15, -0.1) is 0 Å². The molecule has 0 bridgehead atoms. The van der Waals surface area contributed by atoms with Crippen molar-refractivity contribution in [2.75, 3.05) is 18.5 Å². The highest BCUT2D eigenvalue weighted by Crippen LogP contribution is 2.17. The molecule has 0 amide bonds. The van der Waals surface area contributed by atoms with Crippen LogP contribution in [0.15, 0.2) is 6.07 Å². The molecule has 1 N–H and O–H groups in total. The second kappa shape index (κ2) is 6.04. The smallest absolute Gasteiger partial charge is 0.251 e. The molecule has 1 atom stereocenters. The van der Waals surface area contributed by atoms with E-state index in [9.17, 15) is 13.2 Å². The van der Waals surface area contributed by atoms with Crippen molar-refractivity contribution in [3.63, 3.8) is 0 Å². The van der Waals surface area contributed by atoms with Crippen LogP contribution in [-0.4, -0.2) is 24.2 Å². The maximum atomic E-state index is 13.2. The summed E-state index contributed by atoms with van der Waals surface area (Å²) in [4.78, 5) is 3.19. The molecule has 0 saturated carbocycles. The van der Waals surface area contributed by atoms with Crippen molar-refractivity contribution < 1.29 is 17.9 Å². The molecule has 0 spiro atoms. The molecule has 1 fully saturated rings. The van der Waals surface area contributed by atoms with Crippen molar-refractivity contribution in [3.05, 3.63) is 23.6 Å². The molecule has 18 heavy (non-hydrogen) atoms. The van der Waals surface area contributed by atoms with Crippen LogP contribution in [0, 0.1) is 17.6 Å². The predicted octanol–water partition coefficient (Wildman–Crippen LogP) is 2.87. The summed E-state index contributed by atoms with van der Waals surface area (Å²) in [6.07, 6.45) is 4.03. The van der Waals surface area contributed by atoms with Gasteiger partial charge in [-0.05, 0) is 25.7 Å². The van der Waals surface area contributed by atoms with E-state index in [2.05, 4.69) is 10.3 Å². The monoisotopic (exact) mass is 260 g/mol. The Morgan fingerprint density at radius 2 is 2.11 bits per heavy atom. The molecule has 0 aliphatic carbocycles. The van der Waals surface area contributed by atoms with Gasteiger partial charge in [0.25, 0.3) is 5.95 Å². The largest absolute Gasteiger partial charge is 0.378 e. The van der Waals surface area contributed by atoms with E-state index in [0.717, 1.165) is 25.9 Å². The molecule has 2 rings (SSSR count). The third-order valence-electron chi connectivity index (χ3n) is 2.92. The summed E-state index contributed by atoms with van der Waals surface area (Å²) >= 11 is 0. The standard InChI is InChI=1S/C12H15F3N2O/c13-9-7-10(14)12(17-11(9)15)16-5-4-8-3-1-2-6-18-8/h7-8H,1-6H2,(H,16,17). The molecule has 6 heteroatoms. The minimum Gasteiger partial charge on any atom is -0.378 e. The lowest BCUT2D eigenvalue weighted by atomic mass is 10.1. The normalized spacial score (nSPS) is 19.8. The zero-order valence-corrected chi connectivity index (χ0v) is 9.89. The minimum atomic E-state index is -1.30. The Balaban J connectivity index is 1.84. The molecular weight excluding hydrogens is 245 g/mol. The van der Waals surface area contributed by atoms with E-state index in [0.29, 0.717) is 19.0 Å². The fourth-order valence-electron chi connectivity index (χ4n) is 1.95. The van der Waals surface area contributed by atoms with E-state index in [1.165, 1.54) is 0 Å². The number of halogens is 3. The molecule has 0 radical (unpaired) electrons. The Labute approximate surface area is 103 Å². The number of nitrogens with zero attached hydrogens (tertiary/aromatic N) is 1. The van der Waals surface area contributed by atoms with Crippen LogP contribution in [0.4, 0.5) is 19.0 Å². The number of ether oxygens (including phenoxy) is 1. The Bertz CT molecular complexity index is 409. The third kappa shape index (κ3) is 3.35. The molecular formula is C12H15F3N2O. The average Bonchev–Trinajstić information content (AvgIpc) is 2.37. The van der Waals surface area contributed by atoms with Crippen LogP contribution in [0.5, 0.6) is 0 Å². The Kier molecular flexibility index (Phi) is 4.41. The maximum absolute atomic E-state index is 13.2. The van der Waals surface area contributed by atoms with E-state index in [-0.39, 0.29) is 11.9 Å². The van der Waals surface area contributed by atoms with E-state index in [1.807, 2.05) is 0 Å². The molecule has 0 aromatic carbocycles. The maximum Gasteiger partial charge on any atom is 0.251 e. The highest BCUT2D eigenvalue weighted by atomic mass is 19.2. The Morgan fingerprint density at radius 1 is 1.28 bits per heavy atom. The summed E-state index contributed by atoms with van der Waals surface area (Å²) in [7, 11) is 0. The number of rotatable bonds is 4. The molecule has 3 nitrogen and oxygen atoms in total. The van der Waals surface area contributed by atoms with Gasteiger partial charge < -0.3 is 10.1 Å². The van der Waals surface area contributed by atoms with E-state index < -0.39 is 17.6 Å². The number of hydrogen-bond donors (Lipinski definition) is 1. The molecule has 1 aromatic rings. The van der Waals surface area contributed by atoms with Crippen LogP contribution < -0.4 is 5.32 Å². The van der Waals surface area contributed by atoms with Crippen LogP contribution in [0.2, 0.25) is 0 Å². The fraction of sp³-hybridized carbons (Fsp3) is 0.583. The lowest BCUT2D eigenvalue weighted by Crippen LogP contribution is -2.22. The van der Waals surface area contributed by atoms with Crippen molar-refractivity contribution in [1.29, 1.82) is 0 Å². The van der Waals surface area contributed by atoms with Gasteiger partial charge in [-0.3, -0.25) is 0 Å². The van der Waals surface area contributed by atoms with E-state index in [1.54, 1.807) is 0 Å². The quantitative estimate of drug-likeness (QED) is 0.845. The Morgan fingerprint density at radius 3 is 2.83 bits per heavy atom. The van der Waals surface area contributed by atoms with Crippen molar-refractivity contribution in [1.82, 2.24) is 4.98 Å². The SMILES string of the molecule is Fc1cc(F)c(NCCC2CCCCO2)nc1F. The van der Waals surface area contributed by atoms with E-state index >= 15 is 0 Å². The van der Waals surface area contributed by atoms with Gasteiger partial charge in [0.05, 0.1) is 6.10 Å². The fourth-order valence-corrected chi connectivity index (χ4v) is 1.95. The summed E-state index contributed by atoms with van der Waals surface area (Å²) in [6, 6.07) is 0.488. The highest BCUT2D eigenvalue weighted by molar-refractivity contribution is 5.35. The van der Waals surface area contributed by atoms with Crippen LogP contribution in [0.3, 0.4) is 0 Å². The van der Waals surface area contributed by atoms with Gasteiger partial charge in [0.1, 0.15) is 0 Å². The Hall–Kier alpha value is -1.30. The van der Waals surface area contributed by atoms with Gasteiger partial charge in [-0.2, -0.15) is 9.37 Å². The van der Waals surface area contributed by atoms with Crippen molar-refractivity contribution in [2.24, 2.45) is 0 Å². The number of aromatic nitrogens is 1. The summed E-state index contributed by atoms with van der Waals surface area (Å²) < 4.78 is 44.2. The zero-order valence-electron chi connectivity index (χ0n) is 9.89. The first-order valence-electron chi connectivity index (χ1n) is 6.04. The summed E-state index contributed by atoms with van der Waals surface area (Å²) in [5, 5.41) is 2.66. The topological polar surface area (TPSA) is 34.1 Å². The molecule has 2 heterocycles. The molecule has 1 aromatic heterocycles. The summed E-state index contributed by atoms with van der Waals surface area (Å²) in [5.74, 6) is -3.73. The van der Waals surface area contributed by atoms with Crippen molar-refractivity contribution in [3.8, 4) is 0 Å². The highest BCUT2D eigenvalue weighted by Gasteiger charge is 2.15. The molecule has 1 aliphatic heterocycles. The summed E-state index contributed by atoms with van der Waals surface area (Å²) in [5.41, 5.74) is 0. The van der Waals surface area contributed by atoms with Crippen LogP contribution in [-0.2, 0) is 4.74 Å². The zero-order chi connectivity index (χ0) is 13.0. The second-order valence-electron chi connectivity index (χ2n) is 4.30. The van der Waals surface area contributed by atoms with Gasteiger partial charge in [0.15, 0.2) is 17.5 Å². The lowest BCUT2D eigenvalue weighted by Gasteiger charge is -2.22. The average molecular weight is 260 g/mol. The second-order valence-corrected chi connectivity index (χ2v) is 4.30. The summed E-state index contributed by atoms with van der Waals surface area (Å²) in [6.45, 7) is 1.17. The number of hydrogen-bond acceptors (Lipinski definition) is 3. The minimum absolute atomic E-state index is 0.152. The molecule has 1 unspecified atom stereocenters. The lowest BCUT2D eigenvalue weighted by molar-refractivity contribution is 0.0134. The van der Waals surface area contributed by atoms with Gasteiger partial charge >= 0.3 is 0 Å². The van der Waals surface area contributed by atoms with Gasteiger partial charge in [0, 0.05) is 19.2 Å². The first kappa shape index (κ1) is 13.1. The van der Waals surface area contributed by atoms with Crippen LogP contribution in [0.25, 0.3) is 0 Å². The first-order valence-corrected chi connectivity index (χ1v) is 6.04. The third-order valence-corrected chi connectivity index (χ3v) is 2.92. The van der Waals surface area contributed by atoms with Crippen molar-refractivity contribution in [2.45, 2.75) is 31.8 Å². The van der Waals surface area contributed by atoms with Gasteiger partial charge in [0.2, 0.25) is 0 Å². The number of nitrogens with one attached hydrogen (secondary N) is 1. The molecule has 1 saturated heterocycles. The van der Waals surface area contributed by atoms with Crippen LogP contribution in [0.1, 0.15) is 25.7 Å². The number of pyridine rings is 1. The molecule has 1 aliphatic rings. The van der Waals surface area contributed by atoms with Gasteiger partial charge in [-0.1, -0.05) is 0 Å².